The van der Waals surface area contributed by atoms with Crippen molar-refractivity contribution in [2.75, 3.05) is 7.11 Å². The Morgan fingerprint density at radius 2 is 1.47 bits per heavy atom. The molecule has 19 heavy (non-hydrogen) atoms. The average molecular weight is 270 g/mol. The van der Waals surface area contributed by atoms with Gasteiger partial charge in [-0.05, 0) is 19.3 Å². The SMILES string of the molecule is CCCCCCCCCCC(O)C1(OC)CCCC1. The van der Waals surface area contributed by atoms with Crippen LogP contribution in [-0.4, -0.2) is 23.9 Å². The lowest BCUT2D eigenvalue weighted by Crippen LogP contribution is -2.41. The average Bonchev–Trinajstić information content (AvgIpc) is 2.91. The van der Waals surface area contributed by atoms with Crippen LogP contribution in [0.2, 0.25) is 0 Å². The van der Waals surface area contributed by atoms with E-state index in [1.807, 2.05) is 0 Å². The van der Waals surface area contributed by atoms with Crippen molar-refractivity contribution in [2.24, 2.45) is 0 Å². The summed E-state index contributed by atoms with van der Waals surface area (Å²) in [7, 11) is 1.77. The molecule has 0 spiro atoms. The van der Waals surface area contributed by atoms with Crippen molar-refractivity contribution in [3.63, 3.8) is 0 Å². The number of ether oxygens (including phenoxy) is 1. The summed E-state index contributed by atoms with van der Waals surface area (Å²) in [6.45, 7) is 2.26. The highest BCUT2D eigenvalue weighted by molar-refractivity contribution is 4.92. The molecule has 2 heteroatoms. The van der Waals surface area contributed by atoms with Crippen molar-refractivity contribution in [1.82, 2.24) is 0 Å². The largest absolute Gasteiger partial charge is 0.390 e. The minimum Gasteiger partial charge on any atom is -0.390 e. The molecule has 1 aliphatic rings. The molecule has 0 saturated heterocycles. The zero-order valence-corrected chi connectivity index (χ0v) is 13.1. The van der Waals surface area contributed by atoms with Crippen LogP contribution in [-0.2, 0) is 4.74 Å². The van der Waals surface area contributed by atoms with E-state index < -0.39 is 0 Å². The van der Waals surface area contributed by atoms with Gasteiger partial charge in [0, 0.05) is 7.11 Å². The standard InChI is InChI=1S/C17H34O2/c1-3-4-5-6-7-8-9-10-13-16(18)17(19-2)14-11-12-15-17/h16,18H,3-15H2,1-2H3. The second-order valence-electron chi connectivity index (χ2n) is 6.26. The fraction of sp³-hybridized carbons (Fsp3) is 1.00. The third-order valence-electron chi connectivity index (χ3n) is 4.79. The van der Waals surface area contributed by atoms with E-state index in [9.17, 15) is 5.11 Å². The lowest BCUT2D eigenvalue weighted by Gasteiger charge is -2.33. The number of aliphatic hydroxyl groups excluding tert-OH is 1. The van der Waals surface area contributed by atoms with Crippen LogP contribution in [0.4, 0.5) is 0 Å². The van der Waals surface area contributed by atoms with E-state index in [0.717, 1.165) is 25.7 Å². The van der Waals surface area contributed by atoms with Crippen LogP contribution < -0.4 is 0 Å². The Bertz CT molecular complexity index is 209. The topological polar surface area (TPSA) is 29.5 Å². The number of hydrogen-bond donors (Lipinski definition) is 1. The van der Waals surface area contributed by atoms with Crippen molar-refractivity contribution >= 4 is 0 Å². The summed E-state index contributed by atoms with van der Waals surface area (Å²) in [4.78, 5) is 0. The van der Waals surface area contributed by atoms with Crippen LogP contribution >= 0.6 is 0 Å². The van der Waals surface area contributed by atoms with Gasteiger partial charge < -0.3 is 9.84 Å². The minimum absolute atomic E-state index is 0.207. The van der Waals surface area contributed by atoms with Crippen molar-refractivity contribution < 1.29 is 9.84 Å². The Morgan fingerprint density at radius 1 is 0.947 bits per heavy atom. The van der Waals surface area contributed by atoms with Crippen LogP contribution in [0.3, 0.4) is 0 Å². The molecule has 1 rings (SSSR count). The maximum Gasteiger partial charge on any atom is 0.0936 e. The Morgan fingerprint density at radius 3 is 2.00 bits per heavy atom. The van der Waals surface area contributed by atoms with Crippen LogP contribution in [0.1, 0.15) is 90.4 Å². The number of methoxy groups -OCH3 is 1. The first-order chi connectivity index (χ1) is 9.25. The van der Waals surface area contributed by atoms with Gasteiger partial charge in [-0.3, -0.25) is 0 Å². The summed E-state index contributed by atoms with van der Waals surface area (Å²) in [5, 5.41) is 10.3. The molecule has 1 aliphatic carbocycles. The van der Waals surface area contributed by atoms with Gasteiger partial charge >= 0.3 is 0 Å². The van der Waals surface area contributed by atoms with E-state index in [-0.39, 0.29) is 11.7 Å². The Kier molecular flexibility index (Phi) is 8.72. The predicted molar refractivity (Wildman–Crippen MR) is 81.4 cm³/mol. The normalized spacial score (nSPS) is 19.7. The highest BCUT2D eigenvalue weighted by Crippen LogP contribution is 2.37. The molecule has 1 N–H and O–H groups in total. The molecule has 0 aliphatic heterocycles. The first kappa shape index (κ1) is 17.0. The molecular weight excluding hydrogens is 236 g/mol. The van der Waals surface area contributed by atoms with Crippen LogP contribution in [0, 0.1) is 0 Å². The lowest BCUT2D eigenvalue weighted by molar-refractivity contribution is -0.101. The molecule has 1 atom stereocenters. The van der Waals surface area contributed by atoms with Gasteiger partial charge in [-0.2, -0.15) is 0 Å². The fourth-order valence-corrected chi connectivity index (χ4v) is 3.38. The predicted octanol–water partition coefficient (Wildman–Crippen LogP) is 4.84. The maximum atomic E-state index is 10.3. The van der Waals surface area contributed by atoms with E-state index in [2.05, 4.69) is 6.92 Å². The molecular formula is C17H34O2. The maximum absolute atomic E-state index is 10.3. The molecule has 0 aromatic rings. The number of rotatable bonds is 11. The first-order valence-electron chi connectivity index (χ1n) is 8.48. The van der Waals surface area contributed by atoms with Gasteiger partial charge in [0.2, 0.25) is 0 Å². The molecule has 0 aromatic heterocycles. The van der Waals surface area contributed by atoms with Crippen LogP contribution in [0.15, 0.2) is 0 Å². The van der Waals surface area contributed by atoms with Crippen LogP contribution in [0.25, 0.3) is 0 Å². The smallest absolute Gasteiger partial charge is 0.0936 e. The minimum atomic E-state index is -0.250. The Balaban J connectivity index is 2.02. The molecule has 0 heterocycles. The van der Waals surface area contributed by atoms with E-state index in [1.54, 1.807) is 7.11 Å². The molecule has 0 radical (unpaired) electrons. The summed E-state index contributed by atoms with van der Waals surface area (Å²) >= 11 is 0. The molecule has 0 bridgehead atoms. The monoisotopic (exact) mass is 270 g/mol. The van der Waals surface area contributed by atoms with E-state index in [1.165, 1.54) is 57.8 Å². The van der Waals surface area contributed by atoms with E-state index in [4.69, 9.17) is 4.74 Å². The third kappa shape index (κ3) is 5.83. The van der Waals surface area contributed by atoms with Crippen molar-refractivity contribution in [2.45, 2.75) is 102 Å². The number of hydrogen-bond acceptors (Lipinski definition) is 2. The molecule has 1 fully saturated rings. The summed E-state index contributed by atoms with van der Waals surface area (Å²) < 4.78 is 5.63. The fourth-order valence-electron chi connectivity index (χ4n) is 3.38. The number of aliphatic hydroxyl groups is 1. The Labute approximate surface area is 119 Å². The van der Waals surface area contributed by atoms with Crippen molar-refractivity contribution in [3.8, 4) is 0 Å². The molecule has 0 aromatic carbocycles. The second-order valence-corrected chi connectivity index (χ2v) is 6.26. The quantitative estimate of drug-likeness (QED) is 0.544. The van der Waals surface area contributed by atoms with E-state index in [0.29, 0.717) is 0 Å². The van der Waals surface area contributed by atoms with Gasteiger partial charge in [0.25, 0.3) is 0 Å². The summed E-state index contributed by atoms with van der Waals surface area (Å²) in [5.74, 6) is 0. The highest BCUT2D eigenvalue weighted by atomic mass is 16.5. The third-order valence-corrected chi connectivity index (χ3v) is 4.79. The van der Waals surface area contributed by atoms with Crippen LogP contribution in [0.5, 0.6) is 0 Å². The van der Waals surface area contributed by atoms with Crippen molar-refractivity contribution in [1.29, 1.82) is 0 Å². The zero-order valence-electron chi connectivity index (χ0n) is 13.1. The van der Waals surface area contributed by atoms with E-state index >= 15 is 0 Å². The van der Waals surface area contributed by atoms with Gasteiger partial charge in [0.15, 0.2) is 0 Å². The molecule has 0 amide bonds. The molecule has 1 unspecified atom stereocenters. The second kappa shape index (κ2) is 9.77. The van der Waals surface area contributed by atoms with Gasteiger partial charge in [-0.25, -0.2) is 0 Å². The van der Waals surface area contributed by atoms with Gasteiger partial charge in [0.1, 0.15) is 0 Å². The summed E-state index contributed by atoms with van der Waals surface area (Å²) in [5.41, 5.74) is -0.207. The first-order valence-corrected chi connectivity index (χ1v) is 8.48. The summed E-state index contributed by atoms with van der Waals surface area (Å²) in [6, 6.07) is 0. The molecule has 114 valence electrons. The molecule has 1 saturated carbocycles. The zero-order chi connectivity index (χ0) is 14.0. The number of unbranched alkanes of at least 4 members (excludes halogenated alkanes) is 7. The Hall–Kier alpha value is -0.0800. The molecule has 2 nitrogen and oxygen atoms in total. The summed E-state index contributed by atoms with van der Waals surface area (Å²) in [6.07, 6.45) is 15.8. The van der Waals surface area contributed by atoms with Gasteiger partial charge in [-0.15, -0.1) is 0 Å². The highest BCUT2D eigenvalue weighted by Gasteiger charge is 2.40. The van der Waals surface area contributed by atoms with Crippen molar-refractivity contribution in [3.05, 3.63) is 0 Å². The van der Waals surface area contributed by atoms with Gasteiger partial charge in [-0.1, -0.05) is 71.1 Å². The van der Waals surface area contributed by atoms with Gasteiger partial charge in [0.05, 0.1) is 11.7 Å². The lowest BCUT2D eigenvalue weighted by atomic mass is 9.90.